The third-order valence-electron chi connectivity index (χ3n) is 4.93. The second-order valence-corrected chi connectivity index (χ2v) is 6.75. The predicted molar refractivity (Wildman–Crippen MR) is 102 cm³/mol. The normalized spacial score (nSPS) is 15.3. The van der Waals surface area contributed by atoms with Crippen molar-refractivity contribution in [1.29, 1.82) is 0 Å². The van der Waals surface area contributed by atoms with Crippen molar-refractivity contribution in [2.45, 2.75) is 13.5 Å². The Labute approximate surface area is 153 Å². The molecule has 1 amide bonds. The number of fused-ring (bicyclic) bond motifs is 1. The number of hydrogen-bond donors (Lipinski definition) is 0. The van der Waals surface area contributed by atoms with E-state index in [-0.39, 0.29) is 5.91 Å². The fraction of sp³-hybridized carbons (Fsp3) is 0.286. The minimum atomic E-state index is -0.0256. The summed E-state index contributed by atoms with van der Waals surface area (Å²) in [5, 5.41) is 2.58. The first-order valence-electron chi connectivity index (χ1n) is 8.97. The molecule has 3 aromatic rings. The van der Waals surface area contributed by atoms with Crippen LogP contribution in [0.15, 0.2) is 54.9 Å². The molecule has 1 fully saturated rings. The lowest BCUT2D eigenvalue weighted by molar-refractivity contribution is 0.0622. The Morgan fingerprint density at radius 2 is 1.73 bits per heavy atom. The summed E-state index contributed by atoms with van der Waals surface area (Å²) in [5.41, 5.74) is 2.59. The fourth-order valence-electron chi connectivity index (χ4n) is 3.45. The van der Waals surface area contributed by atoms with Gasteiger partial charge in [0.15, 0.2) is 0 Å². The molecule has 1 aliphatic rings. The number of nitrogens with zero attached hydrogens (tertiary/aromatic N) is 4. The molecule has 0 spiro atoms. The number of carbonyl (C=O) groups is 1. The van der Waals surface area contributed by atoms with Gasteiger partial charge in [0.05, 0.1) is 11.9 Å². The van der Waals surface area contributed by atoms with Gasteiger partial charge in [-0.3, -0.25) is 14.7 Å². The van der Waals surface area contributed by atoms with Gasteiger partial charge < -0.3 is 4.90 Å². The van der Waals surface area contributed by atoms with Crippen LogP contribution in [0, 0.1) is 6.92 Å². The molecule has 0 bridgehead atoms. The van der Waals surface area contributed by atoms with E-state index in [0.29, 0.717) is 5.69 Å². The second-order valence-electron chi connectivity index (χ2n) is 6.75. The molecule has 26 heavy (non-hydrogen) atoms. The molecule has 0 unspecified atom stereocenters. The van der Waals surface area contributed by atoms with Gasteiger partial charge in [-0.15, -0.1) is 0 Å². The van der Waals surface area contributed by atoms with Gasteiger partial charge in [0.1, 0.15) is 5.69 Å². The zero-order valence-electron chi connectivity index (χ0n) is 14.9. The van der Waals surface area contributed by atoms with Gasteiger partial charge in [0.2, 0.25) is 0 Å². The maximum Gasteiger partial charge on any atom is 0.274 e. The average Bonchev–Trinajstić information content (AvgIpc) is 2.69. The van der Waals surface area contributed by atoms with E-state index < -0.39 is 0 Å². The Balaban J connectivity index is 1.40. The van der Waals surface area contributed by atoms with Crippen LogP contribution in [0.1, 0.15) is 21.7 Å². The first-order chi connectivity index (χ1) is 12.7. The molecule has 0 N–H and O–H groups in total. The van der Waals surface area contributed by atoms with E-state index in [1.807, 2.05) is 11.8 Å². The van der Waals surface area contributed by atoms with Crippen molar-refractivity contribution >= 4 is 16.7 Å². The van der Waals surface area contributed by atoms with Crippen molar-refractivity contribution in [3.8, 4) is 0 Å². The summed E-state index contributed by atoms with van der Waals surface area (Å²) in [4.78, 5) is 25.2. The lowest BCUT2D eigenvalue weighted by Gasteiger charge is -2.34. The summed E-state index contributed by atoms with van der Waals surface area (Å²) in [6, 6.07) is 15.0. The van der Waals surface area contributed by atoms with Crippen molar-refractivity contribution < 1.29 is 4.79 Å². The number of rotatable bonds is 3. The van der Waals surface area contributed by atoms with Gasteiger partial charge in [-0.05, 0) is 23.3 Å². The molecule has 0 saturated carbocycles. The summed E-state index contributed by atoms with van der Waals surface area (Å²) in [5.74, 6) is -0.0256. The average molecular weight is 346 g/mol. The molecule has 1 aromatic heterocycles. The quantitative estimate of drug-likeness (QED) is 0.732. The third-order valence-corrected chi connectivity index (χ3v) is 4.93. The summed E-state index contributed by atoms with van der Waals surface area (Å²) in [6.07, 6.45) is 3.21. The Hall–Kier alpha value is -2.79. The Bertz CT molecular complexity index is 909. The molecule has 0 radical (unpaired) electrons. The van der Waals surface area contributed by atoms with Crippen LogP contribution in [0.5, 0.6) is 0 Å². The van der Waals surface area contributed by atoms with Crippen molar-refractivity contribution in [2.24, 2.45) is 0 Å². The summed E-state index contributed by atoms with van der Waals surface area (Å²) >= 11 is 0. The molecule has 5 nitrogen and oxygen atoms in total. The standard InChI is InChI=1S/C21H22N4O/c1-16-13-23-20(14-22-16)21(26)25-11-9-24(10-12-25)15-18-7-4-6-17-5-2-3-8-19(17)18/h2-8,13-14H,9-12,15H2,1H3. The van der Waals surface area contributed by atoms with E-state index in [9.17, 15) is 4.79 Å². The summed E-state index contributed by atoms with van der Waals surface area (Å²) < 4.78 is 0. The first-order valence-corrected chi connectivity index (χ1v) is 8.97. The number of piperazine rings is 1. The number of hydrogen-bond acceptors (Lipinski definition) is 4. The summed E-state index contributed by atoms with van der Waals surface area (Å²) in [7, 11) is 0. The minimum Gasteiger partial charge on any atom is -0.335 e. The van der Waals surface area contributed by atoms with E-state index in [1.54, 1.807) is 12.4 Å². The van der Waals surface area contributed by atoms with E-state index in [2.05, 4.69) is 57.3 Å². The van der Waals surface area contributed by atoms with Gasteiger partial charge >= 0.3 is 0 Å². The zero-order valence-corrected chi connectivity index (χ0v) is 14.9. The molecule has 0 aliphatic carbocycles. The fourth-order valence-corrected chi connectivity index (χ4v) is 3.45. The Morgan fingerprint density at radius 3 is 2.50 bits per heavy atom. The van der Waals surface area contributed by atoms with E-state index in [1.165, 1.54) is 16.3 Å². The van der Waals surface area contributed by atoms with E-state index >= 15 is 0 Å². The molecule has 0 atom stereocenters. The molecular weight excluding hydrogens is 324 g/mol. The van der Waals surface area contributed by atoms with Crippen LogP contribution < -0.4 is 0 Å². The van der Waals surface area contributed by atoms with Crippen LogP contribution in [-0.2, 0) is 6.54 Å². The molecule has 4 rings (SSSR count). The molecule has 1 aliphatic heterocycles. The number of aromatic nitrogens is 2. The van der Waals surface area contributed by atoms with Crippen LogP contribution in [0.25, 0.3) is 10.8 Å². The van der Waals surface area contributed by atoms with Crippen molar-refractivity contribution in [3.05, 3.63) is 71.8 Å². The molecule has 132 valence electrons. The lowest BCUT2D eigenvalue weighted by Crippen LogP contribution is -2.48. The van der Waals surface area contributed by atoms with Crippen molar-refractivity contribution in [3.63, 3.8) is 0 Å². The van der Waals surface area contributed by atoms with Crippen LogP contribution in [0.2, 0.25) is 0 Å². The van der Waals surface area contributed by atoms with E-state index in [0.717, 1.165) is 38.4 Å². The SMILES string of the molecule is Cc1cnc(C(=O)N2CCN(Cc3cccc4ccccc34)CC2)cn1. The minimum absolute atomic E-state index is 0.0256. The second kappa shape index (κ2) is 7.22. The van der Waals surface area contributed by atoms with Gasteiger partial charge in [-0.2, -0.15) is 0 Å². The topological polar surface area (TPSA) is 49.3 Å². The van der Waals surface area contributed by atoms with Gasteiger partial charge in [-0.25, -0.2) is 4.98 Å². The molecule has 5 heteroatoms. The number of carbonyl (C=O) groups excluding carboxylic acids is 1. The van der Waals surface area contributed by atoms with Gasteiger partial charge in [0.25, 0.3) is 5.91 Å². The molecule has 1 saturated heterocycles. The number of aryl methyl sites for hydroxylation is 1. The number of amides is 1. The number of benzene rings is 2. The van der Waals surface area contributed by atoms with Crippen molar-refractivity contribution in [1.82, 2.24) is 19.8 Å². The molecule has 2 heterocycles. The smallest absolute Gasteiger partial charge is 0.274 e. The lowest BCUT2D eigenvalue weighted by atomic mass is 10.0. The van der Waals surface area contributed by atoms with Crippen LogP contribution >= 0.6 is 0 Å². The largest absolute Gasteiger partial charge is 0.335 e. The summed E-state index contributed by atoms with van der Waals surface area (Å²) in [6.45, 7) is 5.96. The highest BCUT2D eigenvalue weighted by Gasteiger charge is 2.23. The third kappa shape index (κ3) is 3.44. The highest BCUT2D eigenvalue weighted by molar-refractivity contribution is 5.92. The Kier molecular flexibility index (Phi) is 4.63. The Morgan fingerprint density at radius 1 is 0.962 bits per heavy atom. The van der Waals surface area contributed by atoms with Crippen LogP contribution in [0.3, 0.4) is 0 Å². The van der Waals surface area contributed by atoms with Gasteiger partial charge in [0, 0.05) is 38.9 Å². The first kappa shape index (κ1) is 16.7. The van der Waals surface area contributed by atoms with E-state index in [4.69, 9.17) is 0 Å². The monoisotopic (exact) mass is 346 g/mol. The predicted octanol–water partition coefficient (Wildman–Crippen LogP) is 2.90. The van der Waals surface area contributed by atoms with Crippen molar-refractivity contribution in [2.75, 3.05) is 26.2 Å². The zero-order chi connectivity index (χ0) is 17.9. The van der Waals surface area contributed by atoms with Crippen LogP contribution in [0.4, 0.5) is 0 Å². The maximum absolute atomic E-state index is 12.6. The molecule has 2 aromatic carbocycles. The van der Waals surface area contributed by atoms with Gasteiger partial charge in [-0.1, -0.05) is 42.5 Å². The van der Waals surface area contributed by atoms with Crippen LogP contribution in [-0.4, -0.2) is 51.9 Å². The highest BCUT2D eigenvalue weighted by Crippen LogP contribution is 2.20. The maximum atomic E-state index is 12.6. The molecular formula is C21H22N4O. The highest BCUT2D eigenvalue weighted by atomic mass is 16.2.